The van der Waals surface area contributed by atoms with Crippen molar-refractivity contribution in [2.75, 3.05) is 6.54 Å². The van der Waals surface area contributed by atoms with Gasteiger partial charge in [-0.25, -0.2) is 4.39 Å². The van der Waals surface area contributed by atoms with E-state index in [0.29, 0.717) is 5.56 Å². The Balaban J connectivity index is 1.94. The maximum atomic E-state index is 13.4. The van der Waals surface area contributed by atoms with Gasteiger partial charge in [-0.05, 0) is 38.8 Å². The Morgan fingerprint density at radius 3 is 2.89 bits per heavy atom. The van der Waals surface area contributed by atoms with Crippen LogP contribution in [0.4, 0.5) is 4.39 Å². The summed E-state index contributed by atoms with van der Waals surface area (Å²) < 4.78 is 13.4. The number of amides is 1. The molecule has 1 amide bonds. The number of hydrogen-bond donors (Lipinski definition) is 2. The second-order valence-corrected chi connectivity index (χ2v) is 4.99. The third-order valence-electron chi connectivity index (χ3n) is 3.52. The van der Waals surface area contributed by atoms with Crippen molar-refractivity contribution >= 4 is 5.91 Å². The maximum Gasteiger partial charge on any atom is 0.240 e. The molecule has 1 heterocycles. The van der Waals surface area contributed by atoms with E-state index in [1.165, 1.54) is 6.07 Å². The topological polar surface area (TPSA) is 41.1 Å². The van der Waals surface area contributed by atoms with Crippen molar-refractivity contribution in [1.82, 2.24) is 10.6 Å². The fourth-order valence-electron chi connectivity index (χ4n) is 2.26. The summed E-state index contributed by atoms with van der Waals surface area (Å²) in [4.78, 5) is 12.1. The predicted molar refractivity (Wildman–Crippen MR) is 68.5 cm³/mol. The summed E-state index contributed by atoms with van der Waals surface area (Å²) >= 11 is 0. The summed E-state index contributed by atoms with van der Waals surface area (Å²) in [6.07, 6.45) is 2.99. The minimum atomic E-state index is -0.510. The first-order chi connectivity index (χ1) is 8.62. The maximum absolute atomic E-state index is 13.4. The molecule has 1 aromatic rings. The van der Waals surface area contributed by atoms with Crippen LogP contribution in [-0.2, 0) is 11.3 Å². The van der Waals surface area contributed by atoms with Crippen molar-refractivity contribution in [3.63, 3.8) is 0 Å². The third kappa shape index (κ3) is 2.88. The highest BCUT2D eigenvalue weighted by atomic mass is 19.1. The van der Waals surface area contributed by atoms with Gasteiger partial charge >= 0.3 is 0 Å². The molecule has 1 saturated heterocycles. The van der Waals surface area contributed by atoms with E-state index in [1.54, 1.807) is 18.2 Å². The number of carbonyl (C=O) groups is 1. The zero-order valence-corrected chi connectivity index (χ0v) is 10.6. The predicted octanol–water partition coefficient (Wildman–Crippen LogP) is 1.97. The highest BCUT2D eigenvalue weighted by Gasteiger charge is 2.33. The summed E-state index contributed by atoms with van der Waals surface area (Å²) in [6, 6.07) is 6.50. The van der Waals surface area contributed by atoms with E-state index in [1.807, 2.05) is 6.92 Å². The summed E-state index contributed by atoms with van der Waals surface area (Å²) in [5, 5.41) is 6.05. The molecule has 18 heavy (non-hydrogen) atoms. The van der Waals surface area contributed by atoms with Gasteiger partial charge in [0.25, 0.3) is 0 Å². The average molecular weight is 250 g/mol. The van der Waals surface area contributed by atoms with Gasteiger partial charge in [-0.15, -0.1) is 0 Å². The molecule has 0 aromatic heterocycles. The van der Waals surface area contributed by atoms with Crippen LogP contribution < -0.4 is 10.6 Å². The van der Waals surface area contributed by atoms with Crippen molar-refractivity contribution in [2.24, 2.45) is 0 Å². The molecule has 1 unspecified atom stereocenters. The van der Waals surface area contributed by atoms with Crippen LogP contribution in [-0.4, -0.2) is 18.0 Å². The molecule has 0 bridgehead atoms. The largest absolute Gasteiger partial charge is 0.350 e. The number of halogens is 1. The van der Waals surface area contributed by atoms with Crippen LogP contribution in [0.5, 0.6) is 0 Å². The lowest BCUT2D eigenvalue weighted by Gasteiger charge is -2.33. The molecule has 1 atom stereocenters. The average Bonchev–Trinajstić information content (AvgIpc) is 2.38. The molecule has 2 rings (SSSR count). The molecule has 1 aliphatic rings. The Bertz CT molecular complexity index is 428. The Labute approximate surface area is 107 Å². The van der Waals surface area contributed by atoms with Gasteiger partial charge in [-0.2, -0.15) is 0 Å². The molecule has 1 aliphatic heterocycles. The fraction of sp³-hybridized carbons (Fsp3) is 0.500. The van der Waals surface area contributed by atoms with Gasteiger partial charge in [0.2, 0.25) is 5.91 Å². The number of benzene rings is 1. The quantitative estimate of drug-likeness (QED) is 0.861. The van der Waals surface area contributed by atoms with Crippen LogP contribution in [0.15, 0.2) is 24.3 Å². The van der Waals surface area contributed by atoms with E-state index in [4.69, 9.17) is 0 Å². The van der Waals surface area contributed by atoms with Gasteiger partial charge in [0.1, 0.15) is 5.82 Å². The van der Waals surface area contributed by atoms with Gasteiger partial charge < -0.3 is 10.6 Å². The van der Waals surface area contributed by atoms with E-state index < -0.39 is 5.54 Å². The van der Waals surface area contributed by atoms with Gasteiger partial charge in [-0.1, -0.05) is 18.2 Å². The first-order valence-electron chi connectivity index (χ1n) is 6.38. The first kappa shape index (κ1) is 13.0. The summed E-state index contributed by atoms with van der Waals surface area (Å²) in [5.41, 5.74) is 0.00835. The highest BCUT2D eigenvalue weighted by molar-refractivity contribution is 5.85. The van der Waals surface area contributed by atoms with Crippen molar-refractivity contribution in [2.45, 2.75) is 38.3 Å². The second kappa shape index (κ2) is 5.48. The first-order valence-corrected chi connectivity index (χ1v) is 6.38. The van der Waals surface area contributed by atoms with Gasteiger partial charge in [0.15, 0.2) is 0 Å². The third-order valence-corrected chi connectivity index (χ3v) is 3.52. The SMILES string of the molecule is CC1(C(=O)NCc2ccccc2F)CCCCN1. The van der Waals surface area contributed by atoms with Crippen molar-refractivity contribution < 1.29 is 9.18 Å². The van der Waals surface area contributed by atoms with Crippen molar-refractivity contribution in [3.05, 3.63) is 35.6 Å². The Kier molecular flexibility index (Phi) is 3.97. The minimum Gasteiger partial charge on any atom is -0.350 e. The van der Waals surface area contributed by atoms with Crippen LogP contribution in [0, 0.1) is 5.82 Å². The van der Waals surface area contributed by atoms with Crippen LogP contribution in [0.25, 0.3) is 0 Å². The second-order valence-electron chi connectivity index (χ2n) is 4.99. The molecule has 0 aliphatic carbocycles. The molecule has 98 valence electrons. The van der Waals surface area contributed by atoms with Gasteiger partial charge in [-0.3, -0.25) is 4.79 Å². The molecule has 1 aromatic carbocycles. The number of piperidine rings is 1. The van der Waals surface area contributed by atoms with Crippen LogP contribution in [0.1, 0.15) is 31.7 Å². The van der Waals surface area contributed by atoms with E-state index >= 15 is 0 Å². The van der Waals surface area contributed by atoms with Crippen molar-refractivity contribution in [3.8, 4) is 0 Å². The zero-order chi connectivity index (χ0) is 13.0. The Hall–Kier alpha value is -1.42. The lowest BCUT2D eigenvalue weighted by Crippen LogP contribution is -2.56. The molecule has 4 heteroatoms. The molecular weight excluding hydrogens is 231 g/mol. The van der Waals surface area contributed by atoms with Crippen molar-refractivity contribution in [1.29, 1.82) is 0 Å². The fourth-order valence-corrected chi connectivity index (χ4v) is 2.26. The molecule has 3 nitrogen and oxygen atoms in total. The number of carbonyl (C=O) groups excluding carboxylic acids is 1. The molecule has 2 N–H and O–H groups in total. The van der Waals surface area contributed by atoms with Gasteiger partial charge in [0.05, 0.1) is 5.54 Å². The van der Waals surface area contributed by atoms with Crippen LogP contribution in [0.3, 0.4) is 0 Å². The van der Waals surface area contributed by atoms with E-state index in [-0.39, 0.29) is 18.3 Å². The van der Waals surface area contributed by atoms with E-state index in [2.05, 4.69) is 10.6 Å². The smallest absolute Gasteiger partial charge is 0.240 e. The molecule has 0 saturated carbocycles. The Morgan fingerprint density at radius 1 is 1.44 bits per heavy atom. The lowest BCUT2D eigenvalue weighted by atomic mass is 9.90. The number of nitrogens with one attached hydrogen (secondary N) is 2. The number of rotatable bonds is 3. The van der Waals surface area contributed by atoms with Crippen LogP contribution in [0.2, 0.25) is 0 Å². The number of hydrogen-bond acceptors (Lipinski definition) is 2. The summed E-state index contributed by atoms with van der Waals surface area (Å²) in [6.45, 7) is 3.01. The Morgan fingerprint density at radius 2 is 2.22 bits per heavy atom. The molecular formula is C14H19FN2O. The highest BCUT2D eigenvalue weighted by Crippen LogP contribution is 2.19. The van der Waals surface area contributed by atoms with Gasteiger partial charge in [0, 0.05) is 12.1 Å². The van der Waals surface area contributed by atoms with E-state index in [9.17, 15) is 9.18 Å². The normalized spacial score (nSPS) is 23.7. The zero-order valence-electron chi connectivity index (χ0n) is 10.6. The monoisotopic (exact) mass is 250 g/mol. The summed E-state index contributed by atoms with van der Waals surface area (Å²) in [5.74, 6) is -0.329. The minimum absolute atomic E-state index is 0.0505. The van der Waals surface area contributed by atoms with E-state index in [0.717, 1.165) is 25.8 Å². The standard InChI is InChI=1S/C14H19FN2O/c1-14(8-4-5-9-17-14)13(18)16-10-11-6-2-3-7-12(11)15/h2-3,6-7,17H,4-5,8-10H2,1H3,(H,16,18). The molecule has 0 spiro atoms. The molecule has 0 radical (unpaired) electrons. The molecule has 1 fully saturated rings. The van der Waals surface area contributed by atoms with Crippen LogP contribution >= 0.6 is 0 Å². The lowest BCUT2D eigenvalue weighted by molar-refractivity contribution is -0.128. The summed E-state index contributed by atoms with van der Waals surface area (Å²) in [7, 11) is 0.